The predicted octanol–water partition coefficient (Wildman–Crippen LogP) is 2.58. The Labute approximate surface area is 126 Å². The van der Waals surface area contributed by atoms with Gasteiger partial charge in [-0.2, -0.15) is 5.10 Å². The summed E-state index contributed by atoms with van der Waals surface area (Å²) < 4.78 is 1.64. The van der Waals surface area contributed by atoms with Gasteiger partial charge < -0.3 is 5.32 Å². The number of nitrogens with zero attached hydrogens (tertiary/aromatic N) is 5. The number of hydrogen-bond donors (Lipinski definition) is 1. The molecule has 3 rings (SSSR count). The van der Waals surface area contributed by atoms with Gasteiger partial charge in [-0.15, -0.1) is 0 Å². The molecule has 0 aliphatic rings. The molecular formula is C14H14N6O2. The quantitative estimate of drug-likeness (QED) is 0.587. The minimum atomic E-state index is -0.371. The lowest BCUT2D eigenvalue weighted by molar-refractivity contribution is -0.385. The maximum absolute atomic E-state index is 11.1. The maximum atomic E-state index is 11.1. The number of nitrogens with one attached hydrogen (secondary N) is 1. The largest absolute Gasteiger partial charge is 0.339 e. The molecule has 1 aromatic carbocycles. The van der Waals surface area contributed by atoms with Crippen molar-refractivity contribution in [2.24, 2.45) is 7.05 Å². The van der Waals surface area contributed by atoms with Crippen molar-refractivity contribution in [2.45, 2.75) is 13.3 Å². The van der Waals surface area contributed by atoms with E-state index in [2.05, 4.69) is 20.4 Å². The van der Waals surface area contributed by atoms with Crippen LogP contribution in [0.15, 0.2) is 30.7 Å². The number of rotatable bonds is 4. The van der Waals surface area contributed by atoms with Gasteiger partial charge in [0, 0.05) is 24.4 Å². The summed E-state index contributed by atoms with van der Waals surface area (Å²) in [5, 5.41) is 19.1. The lowest BCUT2D eigenvalue weighted by Crippen LogP contribution is -1.99. The monoisotopic (exact) mass is 298 g/mol. The highest BCUT2D eigenvalue weighted by atomic mass is 16.6. The molecule has 0 radical (unpaired) electrons. The summed E-state index contributed by atoms with van der Waals surface area (Å²) in [6, 6.07) is 5.07. The van der Waals surface area contributed by atoms with Crippen LogP contribution in [-0.2, 0) is 13.5 Å². The SMILES string of the molecule is CCc1ccc(Nc2ncnc3c2cnn3C)cc1[N+](=O)[O-]. The van der Waals surface area contributed by atoms with E-state index < -0.39 is 0 Å². The van der Waals surface area contributed by atoms with Crippen LogP contribution in [-0.4, -0.2) is 24.7 Å². The topological polar surface area (TPSA) is 98.8 Å². The average molecular weight is 298 g/mol. The van der Waals surface area contributed by atoms with E-state index in [1.165, 1.54) is 12.4 Å². The molecule has 8 heteroatoms. The second kappa shape index (κ2) is 5.40. The molecular weight excluding hydrogens is 284 g/mol. The van der Waals surface area contributed by atoms with E-state index in [4.69, 9.17) is 0 Å². The minimum absolute atomic E-state index is 0.101. The van der Waals surface area contributed by atoms with Gasteiger partial charge in [0.25, 0.3) is 5.69 Å². The van der Waals surface area contributed by atoms with Gasteiger partial charge in [0.05, 0.1) is 16.5 Å². The number of hydrogen-bond acceptors (Lipinski definition) is 6. The second-order valence-corrected chi connectivity index (χ2v) is 4.81. The van der Waals surface area contributed by atoms with Crippen LogP contribution in [0.2, 0.25) is 0 Å². The molecule has 8 nitrogen and oxygen atoms in total. The maximum Gasteiger partial charge on any atom is 0.274 e. The zero-order valence-electron chi connectivity index (χ0n) is 12.1. The molecule has 1 N–H and O–H groups in total. The van der Waals surface area contributed by atoms with Crippen molar-refractivity contribution < 1.29 is 4.92 Å². The van der Waals surface area contributed by atoms with Crippen LogP contribution in [0.25, 0.3) is 11.0 Å². The van der Waals surface area contributed by atoms with E-state index in [0.717, 1.165) is 5.39 Å². The smallest absolute Gasteiger partial charge is 0.274 e. The summed E-state index contributed by atoms with van der Waals surface area (Å²) in [5.74, 6) is 0.566. The van der Waals surface area contributed by atoms with Crippen molar-refractivity contribution in [1.82, 2.24) is 19.7 Å². The lowest BCUT2D eigenvalue weighted by Gasteiger charge is -2.08. The first kappa shape index (κ1) is 13.9. The molecule has 3 aromatic rings. The minimum Gasteiger partial charge on any atom is -0.339 e. The molecule has 0 bridgehead atoms. The van der Waals surface area contributed by atoms with Gasteiger partial charge in [-0.1, -0.05) is 13.0 Å². The van der Waals surface area contributed by atoms with Crippen molar-refractivity contribution in [3.63, 3.8) is 0 Å². The van der Waals surface area contributed by atoms with E-state index in [-0.39, 0.29) is 10.6 Å². The molecule has 0 amide bonds. The van der Waals surface area contributed by atoms with Gasteiger partial charge in [0.15, 0.2) is 5.65 Å². The summed E-state index contributed by atoms with van der Waals surface area (Å²) in [7, 11) is 1.79. The van der Waals surface area contributed by atoms with Crippen LogP contribution in [0.3, 0.4) is 0 Å². The van der Waals surface area contributed by atoms with E-state index in [9.17, 15) is 10.1 Å². The summed E-state index contributed by atoms with van der Waals surface area (Å²) in [5.41, 5.74) is 2.10. The number of anilines is 2. The van der Waals surface area contributed by atoms with E-state index >= 15 is 0 Å². The fourth-order valence-electron chi connectivity index (χ4n) is 2.31. The van der Waals surface area contributed by atoms with Crippen molar-refractivity contribution >= 4 is 28.2 Å². The molecule has 0 unspecified atom stereocenters. The standard InChI is InChI=1S/C14H14N6O2/c1-3-9-4-5-10(6-12(9)20(21)22)18-13-11-7-17-19(2)14(11)16-8-15-13/h4-8H,3H2,1-2H3,(H,15,16,18). The molecule has 2 aromatic heterocycles. The number of aryl methyl sites for hydroxylation is 2. The number of benzene rings is 1. The third-order valence-electron chi connectivity index (χ3n) is 3.46. The molecule has 112 valence electrons. The highest BCUT2D eigenvalue weighted by Gasteiger charge is 2.14. The van der Waals surface area contributed by atoms with Crippen molar-refractivity contribution in [3.05, 3.63) is 46.4 Å². The summed E-state index contributed by atoms with van der Waals surface area (Å²) in [6.45, 7) is 1.89. The van der Waals surface area contributed by atoms with Gasteiger partial charge in [-0.25, -0.2) is 9.97 Å². The summed E-state index contributed by atoms with van der Waals surface area (Å²) in [6.07, 6.45) is 3.70. The van der Waals surface area contributed by atoms with Crippen LogP contribution in [0.4, 0.5) is 17.2 Å². The van der Waals surface area contributed by atoms with Crippen LogP contribution < -0.4 is 5.32 Å². The summed E-state index contributed by atoms with van der Waals surface area (Å²) >= 11 is 0. The van der Waals surface area contributed by atoms with Crippen LogP contribution >= 0.6 is 0 Å². The zero-order valence-corrected chi connectivity index (χ0v) is 12.1. The van der Waals surface area contributed by atoms with Gasteiger partial charge in [-0.3, -0.25) is 14.8 Å². The molecule has 0 fully saturated rings. The fourth-order valence-corrected chi connectivity index (χ4v) is 2.31. The predicted molar refractivity (Wildman–Crippen MR) is 82.1 cm³/mol. The van der Waals surface area contributed by atoms with Gasteiger partial charge >= 0.3 is 0 Å². The average Bonchev–Trinajstić information content (AvgIpc) is 2.90. The lowest BCUT2D eigenvalue weighted by atomic mass is 10.1. The van der Waals surface area contributed by atoms with Crippen molar-refractivity contribution in [1.29, 1.82) is 0 Å². The molecule has 0 spiro atoms. The first-order valence-electron chi connectivity index (χ1n) is 6.77. The Morgan fingerprint density at radius 1 is 1.36 bits per heavy atom. The van der Waals surface area contributed by atoms with Gasteiger partial charge in [0.1, 0.15) is 12.1 Å². The Morgan fingerprint density at radius 2 is 2.18 bits per heavy atom. The van der Waals surface area contributed by atoms with E-state index in [1.807, 2.05) is 6.92 Å². The number of aromatic nitrogens is 4. The van der Waals surface area contributed by atoms with Crippen LogP contribution in [0.5, 0.6) is 0 Å². The number of fused-ring (bicyclic) bond motifs is 1. The summed E-state index contributed by atoms with van der Waals surface area (Å²) in [4.78, 5) is 19.1. The van der Waals surface area contributed by atoms with Crippen molar-refractivity contribution in [2.75, 3.05) is 5.32 Å². The normalized spacial score (nSPS) is 10.8. The Morgan fingerprint density at radius 3 is 2.91 bits per heavy atom. The fraction of sp³-hybridized carbons (Fsp3) is 0.214. The molecule has 2 heterocycles. The molecule has 0 aliphatic heterocycles. The highest BCUT2D eigenvalue weighted by molar-refractivity contribution is 5.88. The third-order valence-corrected chi connectivity index (χ3v) is 3.46. The third kappa shape index (κ3) is 2.34. The van der Waals surface area contributed by atoms with E-state index in [1.54, 1.807) is 30.1 Å². The van der Waals surface area contributed by atoms with Gasteiger partial charge in [-0.05, 0) is 12.5 Å². The second-order valence-electron chi connectivity index (χ2n) is 4.81. The number of nitro benzene ring substituents is 1. The molecule has 0 saturated heterocycles. The first-order valence-corrected chi connectivity index (χ1v) is 6.77. The Hall–Kier alpha value is -3.03. The van der Waals surface area contributed by atoms with Gasteiger partial charge in [0.2, 0.25) is 0 Å². The Kier molecular flexibility index (Phi) is 3.42. The molecule has 22 heavy (non-hydrogen) atoms. The first-order chi connectivity index (χ1) is 10.6. The molecule has 0 aliphatic carbocycles. The molecule has 0 atom stereocenters. The highest BCUT2D eigenvalue weighted by Crippen LogP contribution is 2.27. The van der Waals surface area contributed by atoms with Crippen molar-refractivity contribution in [3.8, 4) is 0 Å². The Bertz CT molecular complexity index is 858. The number of nitro groups is 1. The van der Waals surface area contributed by atoms with Crippen LogP contribution in [0.1, 0.15) is 12.5 Å². The van der Waals surface area contributed by atoms with E-state index in [0.29, 0.717) is 29.1 Å². The van der Waals surface area contributed by atoms with Crippen LogP contribution in [0, 0.1) is 10.1 Å². The Balaban J connectivity index is 2.02. The molecule has 0 saturated carbocycles. The zero-order chi connectivity index (χ0) is 15.7.